The Bertz CT molecular complexity index is 529. The highest BCUT2D eigenvalue weighted by Crippen LogP contribution is 2.34. The third-order valence-electron chi connectivity index (χ3n) is 3.11. The number of hydrogen-bond acceptors (Lipinski definition) is 0. The highest BCUT2D eigenvalue weighted by atomic mass is 35.5. The quantitative estimate of drug-likeness (QED) is 0.647. The van der Waals surface area contributed by atoms with Crippen molar-refractivity contribution >= 4 is 23.2 Å². The molecule has 0 saturated carbocycles. The fraction of sp³-hybridized carbons (Fsp3) is 0.250. The first-order chi connectivity index (χ1) is 8.61. The molecule has 2 heteroatoms. The minimum absolute atomic E-state index is 0.191. The van der Waals surface area contributed by atoms with Crippen LogP contribution in [0.15, 0.2) is 42.5 Å². The highest BCUT2D eigenvalue weighted by Gasteiger charge is 2.13. The highest BCUT2D eigenvalue weighted by molar-refractivity contribution is 6.33. The van der Waals surface area contributed by atoms with Crippen molar-refractivity contribution in [3.63, 3.8) is 0 Å². The van der Waals surface area contributed by atoms with Gasteiger partial charge >= 0.3 is 0 Å². The van der Waals surface area contributed by atoms with Gasteiger partial charge in [-0.15, -0.1) is 11.6 Å². The lowest BCUT2D eigenvalue weighted by atomic mass is 10.0. The van der Waals surface area contributed by atoms with Crippen LogP contribution in [0, 0.1) is 6.92 Å². The maximum atomic E-state index is 6.50. The molecule has 0 aliphatic rings. The summed E-state index contributed by atoms with van der Waals surface area (Å²) in [6.45, 7) is 4.17. The maximum Gasteiger partial charge on any atom is 0.0849 e. The lowest BCUT2D eigenvalue weighted by molar-refractivity contribution is 1.10. The van der Waals surface area contributed by atoms with Crippen LogP contribution in [0.3, 0.4) is 0 Å². The Kier molecular flexibility index (Phi) is 4.31. The molecule has 0 spiro atoms. The third kappa shape index (κ3) is 2.88. The van der Waals surface area contributed by atoms with Crippen LogP contribution in [0.4, 0.5) is 0 Å². The summed E-state index contributed by atoms with van der Waals surface area (Å²) < 4.78 is 0. The van der Waals surface area contributed by atoms with E-state index in [-0.39, 0.29) is 5.38 Å². The van der Waals surface area contributed by atoms with Crippen molar-refractivity contribution in [1.29, 1.82) is 0 Å². The summed E-state index contributed by atoms with van der Waals surface area (Å²) in [6, 6.07) is 14.4. The van der Waals surface area contributed by atoms with Crippen LogP contribution < -0.4 is 0 Å². The molecule has 0 saturated heterocycles. The van der Waals surface area contributed by atoms with E-state index < -0.39 is 0 Å². The third-order valence-corrected chi connectivity index (χ3v) is 3.92. The molecule has 0 heterocycles. The van der Waals surface area contributed by atoms with Gasteiger partial charge in [0.2, 0.25) is 0 Å². The summed E-state index contributed by atoms with van der Waals surface area (Å²) >= 11 is 12.7. The summed E-state index contributed by atoms with van der Waals surface area (Å²) in [6.07, 6.45) is 1.04. The monoisotopic (exact) mass is 278 g/mol. The van der Waals surface area contributed by atoms with Crippen LogP contribution in [-0.4, -0.2) is 0 Å². The smallest absolute Gasteiger partial charge is 0.0849 e. The molecule has 0 N–H and O–H groups in total. The zero-order chi connectivity index (χ0) is 13.1. The van der Waals surface area contributed by atoms with Crippen LogP contribution in [0.5, 0.6) is 0 Å². The zero-order valence-electron chi connectivity index (χ0n) is 10.6. The first kappa shape index (κ1) is 13.5. The fourth-order valence-electron chi connectivity index (χ4n) is 1.94. The zero-order valence-corrected chi connectivity index (χ0v) is 12.1. The molecule has 1 atom stereocenters. The Hall–Kier alpha value is -0.980. The minimum Gasteiger partial charge on any atom is -0.113 e. The lowest BCUT2D eigenvalue weighted by Gasteiger charge is -2.13. The summed E-state index contributed by atoms with van der Waals surface area (Å²) in [5.74, 6) is 0. The Morgan fingerprint density at radius 3 is 2.28 bits per heavy atom. The molecule has 94 valence electrons. The average Bonchev–Trinajstić information content (AvgIpc) is 2.38. The summed E-state index contributed by atoms with van der Waals surface area (Å²) in [5.41, 5.74) is 4.51. The molecular weight excluding hydrogens is 263 g/mol. The molecule has 1 unspecified atom stereocenters. The molecule has 0 aliphatic carbocycles. The number of hydrogen-bond donors (Lipinski definition) is 0. The number of alkyl halides is 1. The minimum atomic E-state index is -0.191. The molecular formula is C16H16Cl2. The van der Waals surface area contributed by atoms with E-state index in [4.69, 9.17) is 23.2 Å². The van der Waals surface area contributed by atoms with Crippen molar-refractivity contribution in [2.45, 2.75) is 25.6 Å². The standard InChI is InChI=1S/C16H16Cl2/c1-3-12-5-7-13(8-6-12)16(18)14-9-4-11(2)10-15(14)17/h4-10,16H,3H2,1-2H3. The van der Waals surface area contributed by atoms with Gasteiger partial charge in [0.05, 0.1) is 5.38 Å². The molecule has 0 aromatic heterocycles. The van der Waals surface area contributed by atoms with Crippen LogP contribution in [0.1, 0.15) is 34.6 Å². The molecule has 0 amide bonds. The van der Waals surface area contributed by atoms with Gasteiger partial charge in [-0.3, -0.25) is 0 Å². The predicted octanol–water partition coefficient (Wildman–Crippen LogP) is 5.54. The second kappa shape index (κ2) is 5.77. The van der Waals surface area contributed by atoms with Gasteiger partial charge in [0.15, 0.2) is 0 Å². The van der Waals surface area contributed by atoms with Crippen molar-refractivity contribution in [2.75, 3.05) is 0 Å². The van der Waals surface area contributed by atoms with Gasteiger partial charge in [0, 0.05) is 5.02 Å². The van der Waals surface area contributed by atoms with Crippen molar-refractivity contribution in [1.82, 2.24) is 0 Å². The molecule has 0 aliphatic heterocycles. The van der Waals surface area contributed by atoms with Gasteiger partial charge in [0.25, 0.3) is 0 Å². The molecule has 0 fully saturated rings. The Morgan fingerprint density at radius 1 is 1.06 bits per heavy atom. The fourth-order valence-corrected chi connectivity index (χ4v) is 2.68. The second-order valence-electron chi connectivity index (χ2n) is 4.48. The van der Waals surface area contributed by atoms with E-state index in [0.29, 0.717) is 0 Å². The van der Waals surface area contributed by atoms with Crippen LogP contribution >= 0.6 is 23.2 Å². The predicted molar refractivity (Wildman–Crippen MR) is 79.7 cm³/mol. The summed E-state index contributed by atoms with van der Waals surface area (Å²) in [7, 11) is 0. The van der Waals surface area contributed by atoms with Gasteiger partial charge in [-0.2, -0.15) is 0 Å². The van der Waals surface area contributed by atoms with Crippen LogP contribution in [0.2, 0.25) is 5.02 Å². The molecule has 2 aromatic rings. The Balaban J connectivity index is 2.31. The van der Waals surface area contributed by atoms with Crippen LogP contribution in [0.25, 0.3) is 0 Å². The first-order valence-corrected chi connectivity index (χ1v) is 6.92. The lowest BCUT2D eigenvalue weighted by Crippen LogP contribution is -1.95. The van der Waals surface area contributed by atoms with E-state index in [9.17, 15) is 0 Å². The van der Waals surface area contributed by atoms with E-state index in [1.807, 2.05) is 25.1 Å². The summed E-state index contributed by atoms with van der Waals surface area (Å²) in [5, 5.41) is 0.540. The molecule has 0 bridgehead atoms. The van der Waals surface area contributed by atoms with Crippen molar-refractivity contribution in [2.24, 2.45) is 0 Å². The van der Waals surface area contributed by atoms with E-state index in [2.05, 4.69) is 31.2 Å². The molecule has 2 aromatic carbocycles. The number of benzene rings is 2. The van der Waals surface area contributed by atoms with Crippen molar-refractivity contribution in [3.05, 3.63) is 69.7 Å². The number of rotatable bonds is 3. The number of halogens is 2. The van der Waals surface area contributed by atoms with E-state index in [0.717, 1.165) is 28.1 Å². The van der Waals surface area contributed by atoms with Gasteiger partial charge in [-0.1, -0.05) is 54.9 Å². The Labute approximate surface area is 119 Å². The molecule has 2 rings (SSSR count). The van der Waals surface area contributed by atoms with Crippen LogP contribution in [-0.2, 0) is 6.42 Å². The maximum absolute atomic E-state index is 6.50. The van der Waals surface area contributed by atoms with Crippen molar-refractivity contribution < 1.29 is 0 Å². The van der Waals surface area contributed by atoms with E-state index in [1.165, 1.54) is 5.56 Å². The summed E-state index contributed by atoms with van der Waals surface area (Å²) in [4.78, 5) is 0. The molecule has 0 nitrogen and oxygen atoms in total. The van der Waals surface area contributed by atoms with Gasteiger partial charge in [-0.25, -0.2) is 0 Å². The average molecular weight is 279 g/mol. The van der Waals surface area contributed by atoms with Crippen molar-refractivity contribution in [3.8, 4) is 0 Å². The first-order valence-electron chi connectivity index (χ1n) is 6.10. The van der Waals surface area contributed by atoms with Gasteiger partial charge < -0.3 is 0 Å². The van der Waals surface area contributed by atoms with E-state index in [1.54, 1.807) is 0 Å². The number of aryl methyl sites for hydroxylation is 2. The largest absolute Gasteiger partial charge is 0.113 e. The van der Waals surface area contributed by atoms with Gasteiger partial charge in [-0.05, 0) is 41.7 Å². The molecule has 18 heavy (non-hydrogen) atoms. The van der Waals surface area contributed by atoms with Gasteiger partial charge in [0.1, 0.15) is 0 Å². The SMILES string of the molecule is CCc1ccc(C(Cl)c2ccc(C)cc2Cl)cc1. The molecule has 0 radical (unpaired) electrons. The second-order valence-corrected chi connectivity index (χ2v) is 5.33. The Morgan fingerprint density at radius 2 is 1.72 bits per heavy atom. The topological polar surface area (TPSA) is 0 Å². The normalized spacial score (nSPS) is 12.4. The van der Waals surface area contributed by atoms with E-state index >= 15 is 0 Å².